The van der Waals surface area contributed by atoms with Crippen molar-refractivity contribution in [3.8, 4) is 11.5 Å². The lowest BCUT2D eigenvalue weighted by atomic mass is 10.3. The van der Waals surface area contributed by atoms with Crippen molar-refractivity contribution in [2.75, 3.05) is 19.8 Å². The molecule has 1 aromatic heterocycles. The third-order valence-electron chi connectivity index (χ3n) is 2.53. The maximum absolute atomic E-state index is 10.3. The maximum Gasteiger partial charge on any atom is 0.172 e. The van der Waals surface area contributed by atoms with Crippen molar-refractivity contribution in [1.82, 2.24) is 0 Å². The Morgan fingerprint density at radius 1 is 1.58 bits per heavy atom. The molecule has 0 aliphatic carbocycles. The average molecular weight is 307 g/mol. The standard InChI is InChI=1S/C11H16O6S2/c1-8(17-19(12)13)2-3-14-4-9-5-15-10-6-18-7-11(10)16-9/h6-9H,2-5H2,1H3,(H,12,13)/p-1. The zero-order valence-electron chi connectivity index (χ0n) is 10.4. The topological polar surface area (TPSA) is 77.0 Å². The van der Waals surface area contributed by atoms with E-state index in [1.54, 1.807) is 6.92 Å². The zero-order valence-corrected chi connectivity index (χ0v) is 12.0. The van der Waals surface area contributed by atoms with Gasteiger partial charge in [-0.05, 0) is 13.3 Å². The molecule has 108 valence electrons. The normalized spacial score (nSPS) is 21.1. The molecule has 2 rings (SSSR count). The smallest absolute Gasteiger partial charge is 0.172 e. The van der Waals surface area contributed by atoms with E-state index in [-0.39, 0.29) is 12.2 Å². The van der Waals surface area contributed by atoms with Gasteiger partial charge in [-0.3, -0.25) is 4.18 Å². The SMILES string of the molecule is CC(CCOCC1COc2cscc2O1)OS(=O)[O-]. The summed E-state index contributed by atoms with van der Waals surface area (Å²) in [4.78, 5) is 0. The molecule has 1 aliphatic heterocycles. The molecule has 0 N–H and O–H groups in total. The first-order valence-electron chi connectivity index (χ1n) is 5.85. The van der Waals surface area contributed by atoms with E-state index in [9.17, 15) is 8.76 Å². The first kappa shape index (κ1) is 14.7. The molecule has 0 fully saturated rings. The molecule has 3 atom stereocenters. The fraction of sp³-hybridized carbons (Fsp3) is 0.636. The Morgan fingerprint density at radius 2 is 2.37 bits per heavy atom. The summed E-state index contributed by atoms with van der Waals surface area (Å²) in [6.07, 6.45) is -0.0112. The summed E-state index contributed by atoms with van der Waals surface area (Å²) >= 11 is -0.945. The quantitative estimate of drug-likeness (QED) is 0.561. The van der Waals surface area contributed by atoms with Gasteiger partial charge < -0.3 is 18.8 Å². The van der Waals surface area contributed by atoms with E-state index >= 15 is 0 Å². The Kier molecular flexibility index (Phi) is 5.59. The molecule has 2 heterocycles. The molecule has 8 heteroatoms. The van der Waals surface area contributed by atoms with Crippen molar-refractivity contribution in [2.24, 2.45) is 0 Å². The van der Waals surface area contributed by atoms with Crippen molar-refractivity contribution in [3.63, 3.8) is 0 Å². The van der Waals surface area contributed by atoms with Gasteiger partial charge >= 0.3 is 0 Å². The van der Waals surface area contributed by atoms with Gasteiger partial charge in [0.2, 0.25) is 0 Å². The minimum atomic E-state index is -2.47. The van der Waals surface area contributed by atoms with E-state index in [0.29, 0.717) is 26.2 Å². The van der Waals surface area contributed by atoms with Crippen molar-refractivity contribution >= 4 is 22.7 Å². The fourth-order valence-electron chi connectivity index (χ4n) is 1.59. The van der Waals surface area contributed by atoms with Crippen molar-refractivity contribution in [1.29, 1.82) is 0 Å². The highest BCUT2D eigenvalue weighted by Crippen LogP contribution is 2.35. The lowest BCUT2D eigenvalue weighted by molar-refractivity contribution is 0.00302. The Hall–Kier alpha value is -0.670. The van der Waals surface area contributed by atoms with Crippen molar-refractivity contribution in [3.05, 3.63) is 10.8 Å². The summed E-state index contributed by atoms with van der Waals surface area (Å²) in [5.74, 6) is 1.53. The van der Waals surface area contributed by atoms with Crippen LogP contribution in [0.5, 0.6) is 11.5 Å². The molecule has 0 radical (unpaired) electrons. The van der Waals surface area contributed by atoms with E-state index in [0.717, 1.165) is 11.5 Å². The predicted molar refractivity (Wildman–Crippen MR) is 69.1 cm³/mol. The molecule has 6 nitrogen and oxygen atoms in total. The van der Waals surface area contributed by atoms with E-state index in [1.807, 2.05) is 10.8 Å². The number of ether oxygens (including phenoxy) is 3. The molecule has 19 heavy (non-hydrogen) atoms. The van der Waals surface area contributed by atoms with Crippen LogP contribution in [0.3, 0.4) is 0 Å². The molecular weight excluding hydrogens is 292 g/mol. The summed E-state index contributed by atoms with van der Waals surface area (Å²) in [5.41, 5.74) is 0. The minimum Gasteiger partial charge on any atom is -0.750 e. The van der Waals surface area contributed by atoms with Gasteiger partial charge in [-0.1, -0.05) is 0 Å². The van der Waals surface area contributed by atoms with Crippen LogP contribution in [0, 0.1) is 0 Å². The molecule has 0 aromatic carbocycles. The second kappa shape index (κ2) is 7.20. The van der Waals surface area contributed by atoms with Gasteiger partial charge in [0.15, 0.2) is 17.6 Å². The molecular formula is C11H15O6S2-. The average Bonchev–Trinajstić information content (AvgIpc) is 2.81. The Bertz CT molecular complexity index is 421. The Morgan fingerprint density at radius 3 is 3.16 bits per heavy atom. The van der Waals surface area contributed by atoms with E-state index in [4.69, 9.17) is 14.2 Å². The van der Waals surface area contributed by atoms with Gasteiger partial charge in [0.05, 0.1) is 24.1 Å². The van der Waals surface area contributed by atoms with Crippen LogP contribution in [-0.4, -0.2) is 40.8 Å². The summed E-state index contributed by atoms with van der Waals surface area (Å²) in [6, 6.07) is 0. The van der Waals surface area contributed by atoms with Gasteiger partial charge in [-0.25, -0.2) is 4.21 Å². The minimum absolute atomic E-state index is 0.132. The van der Waals surface area contributed by atoms with Crippen molar-refractivity contribution in [2.45, 2.75) is 25.6 Å². The van der Waals surface area contributed by atoms with Crippen LogP contribution in [0.1, 0.15) is 13.3 Å². The van der Waals surface area contributed by atoms with E-state index in [1.165, 1.54) is 11.3 Å². The van der Waals surface area contributed by atoms with Gasteiger partial charge in [0.1, 0.15) is 6.61 Å². The van der Waals surface area contributed by atoms with Crippen LogP contribution in [-0.2, 0) is 20.3 Å². The van der Waals surface area contributed by atoms with Gasteiger partial charge in [-0.2, -0.15) is 0 Å². The Balaban J connectivity index is 1.61. The third-order valence-corrected chi connectivity index (χ3v) is 3.71. The third kappa shape index (κ3) is 4.73. The lowest BCUT2D eigenvalue weighted by Gasteiger charge is -2.24. The monoisotopic (exact) mass is 307 g/mol. The first-order valence-corrected chi connectivity index (χ1v) is 7.79. The maximum atomic E-state index is 10.3. The highest BCUT2D eigenvalue weighted by molar-refractivity contribution is 7.74. The number of hydrogen-bond acceptors (Lipinski definition) is 7. The van der Waals surface area contributed by atoms with Gasteiger partial charge in [0, 0.05) is 17.4 Å². The van der Waals surface area contributed by atoms with Crippen LogP contribution in [0.4, 0.5) is 0 Å². The second-order valence-electron chi connectivity index (χ2n) is 4.13. The zero-order chi connectivity index (χ0) is 13.7. The fourth-order valence-corrected chi connectivity index (χ4v) is 2.63. The van der Waals surface area contributed by atoms with Crippen LogP contribution in [0.15, 0.2) is 10.8 Å². The lowest BCUT2D eigenvalue weighted by Crippen LogP contribution is -2.33. The summed E-state index contributed by atoms with van der Waals surface area (Å²) in [5, 5.41) is 3.79. The molecule has 0 spiro atoms. The second-order valence-corrected chi connectivity index (χ2v) is 5.47. The summed E-state index contributed by atoms with van der Waals surface area (Å²) in [6.45, 7) is 2.95. The van der Waals surface area contributed by atoms with Crippen LogP contribution in [0.2, 0.25) is 0 Å². The summed E-state index contributed by atoms with van der Waals surface area (Å²) in [7, 11) is 0. The molecule has 0 saturated carbocycles. The molecule has 0 bridgehead atoms. The predicted octanol–water partition coefficient (Wildman–Crippen LogP) is 1.49. The number of rotatable bonds is 7. The largest absolute Gasteiger partial charge is 0.750 e. The molecule has 1 aromatic rings. The van der Waals surface area contributed by atoms with E-state index < -0.39 is 11.4 Å². The van der Waals surface area contributed by atoms with Crippen LogP contribution >= 0.6 is 11.3 Å². The molecule has 1 aliphatic rings. The van der Waals surface area contributed by atoms with Gasteiger partial charge in [0.25, 0.3) is 0 Å². The number of hydrogen-bond donors (Lipinski definition) is 0. The number of thiophene rings is 1. The highest BCUT2D eigenvalue weighted by atomic mass is 32.2. The summed E-state index contributed by atoms with van der Waals surface area (Å²) < 4.78 is 41.7. The molecule has 0 amide bonds. The first-order chi connectivity index (χ1) is 9.15. The Labute approximate surface area is 118 Å². The highest BCUT2D eigenvalue weighted by Gasteiger charge is 2.21. The van der Waals surface area contributed by atoms with Crippen molar-refractivity contribution < 1.29 is 27.2 Å². The molecule has 0 saturated heterocycles. The van der Waals surface area contributed by atoms with Gasteiger partial charge in [-0.15, -0.1) is 11.3 Å². The molecule has 3 unspecified atom stereocenters. The number of fused-ring (bicyclic) bond motifs is 1. The van der Waals surface area contributed by atoms with Crippen LogP contribution < -0.4 is 9.47 Å². The van der Waals surface area contributed by atoms with E-state index in [2.05, 4.69) is 4.18 Å². The van der Waals surface area contributed by atoms with Crippen LogP contribution in [0.25, 0.3) is 0 Å².